The summed E-state index contributed by atoms with van der Waals surface area (Å²) < 4.78 is 21.0. The molecule has 4 saturated carbocycles. The van der Waals surface area contributed by atoms with Gasteiger partial charge in [-0.05, 0) is 81.3 Å². The predicted molar refractivity (Wildman–Crippen MR) is 112 cm³/mol. The van der Waals surface area contributed by atoms with Crippen molar-refractivity contribution in [1.82, 2.24) is 4.98 Å². The van der Waals surface area contributed by atoms with Gasteiger partial charge in [0.1, 0.15) is 11.3 Å². The molecular weight excluding hydrogens is 387 g/mol. The van der Waals surface area contributed by atoms with Gasteiger partial charge in [0.25, 0.3) is 0 Å². The first-order chi connectivity index (χ1) is 14.1. The normalized spacial score (nSPS) is 35.5. The molecule has 6 heteroatoms. The lowest BCUT2D eigenvalue weighted by atomic mass is 9.49. The largest absolute Gasteiger partial charge is 0.376 e. The van der Waals surface area contributed by atoms with Crippen molar-refractivity contribution in [1.29, 1.82) is 0 Å². The number of amides is 1. The van der Waals surface area contributed by atoms with Gasteiger partial charge in [0.05, 0.1) is 22.8 Å². The van der Waals surface area contributed by atoms with Gasteiger partial charge < -0.3 is 4.74 Å². The third-order valence-corrected chi connectivity index (χ3v) is 8.78. The number of carbonyl (C=O) groups is 1. The molecule has 4 nitrogen and oxygen atoms in total. The second kappa shape index (κ2) is 6.74. The highest BCUT2D eigenvalue weighted by atomic mass is 32.1. The standard InChI is InChI=1S/C23H27FN2O2S/c24-18-4-1-5-19-20(18)25-22(29-19)26(13-17-3-2-6-28-17)21(27)23-10-14-7-15(11-23)9-16(8-14)12-23/h1,4-5,14-17H,2-3,6-13H2. The molecule has 154 valence electrons. The third-order valence-electron chi connectivity index (χ3n) is 7.74. The van der Waals surface area contributed by atoms with Gasteiger partial charge in [0.2, 0.25) is 5.91 Å². The van der Waals surface area contributed by atoms with Crippen molar-refractivity contribution < 1.29 is 13.9 Å². The van der Waals surface area contributed by atoms with Crippen molar-refractivity contribution in [2.45, 2.75) is 57.5 Å². The highest BCUT2D eigenvalue weighted by molar-refractivity contribution is 7.22. The Hall–Kier alpha value is -1.53. The van der Waals surface area contributed by atoms with Crippen molar-refractivity contribution in [3.8, 4) is 0 Å². The molecule has 2 aromatic rings. The molecule has 4 bridgehead atoms. The van der Waals surface area contributed by atoms with Crippen LogP contribution >= 0.6 is 11.3 Å². The van der Waals surface area contributed by atoms with Crippen LogP contribution in [0.5, 0.6) is 0 Å². The highest BCUT2D eigenvalue weighted by Crippen LogP contribution is 2.60. The summed E-state index contributed by atoms with van der Waals surface area (Å²) in [6.45, 7) is 1.31. The van der Waals surface area contributed by atoms with Crippen molar-refractivity contribution in [3.63, 3.8) is 0 Å². The van der Waals surface area contributed by atoms with Crippen LogP contribution in [0.15, 0.2) is 18.2 Å². The number of aromatic nitrogens is 1. The van der Waals surface area contributed by atoms with Crippen molar-refractivity contribution in [3.05, 3.63) is 24.0 Å². The number of nitrogens with zero attached hydrogens (tertiary/aromatic N) is 2. The van der Waals surface area contributed by atoms with Gasteiger partial charge in [0.15, 0.2) is 5.13 Å². The zero-order valence-corrected chi connectivity index (χ0v) is 17.4. The van der Waals surface area contributed by atoms with E-state index in [0.717, 1.165) is 43.4 Å². The van der Waals surface area contributed by atoms with E-state index in [0.29, 0.717) is 34.9 Å². The predicted octanol–water partition coefficient (Wildman–Crippen LogP) is 5.16. The molecule has 7 rings (SSSR count). The SMILES string of the molecule is O=C(N(CC1CCCO1)c1nc2c(F)cccc2s1)C12CC3CC(CC(C3)C1)C2. The second-order valence-corrected chi connectivity index (χ2v) is 10.8. The average molecular weight is 415 g/mol. The average Bonchev–Trinajstić information content (AvgIpc) is 3.35. The molecule has 5 aliphatic rings. The summed E-state index contributed by atoms with van der Waals surface area (Å²) in [7, 11) is 0. The zero-order chi connectivity index (χ0) is 19.6. The maximum absolute atomic E-state index is 14.3. The van der Waals surface area contributed by atoms with Crippen LogP contribution in [0, 0.1) is 29.0 Å². The topological polar surface area (TPSA) is 42.4 Å². The molecule has 1 amide bonds. The van der Waals surface area contributed by atoms with E-state index in [4.69, 9.17) is 4.74 Å². The molecule has 0 N–H and O–H groups in total. The van der Waals surface area contributed by atoms with E-state index in [1.807, 2.05) is 11.0 Å². The Labute approximate surface area is 174 Å². The van der Waals surface area contributed by atoms with Gasteiger partial charge in [0, 0.05) is 6.61 Å². The number of para-hydroxylation sites is 1. The van der Waals surface area contributed by atoms with E-state index >= 15 is 0 Å². The van der Waals surface area contributed by atoms with E-state index in [1.165, 1.54) is 36.7 Å². The van der Waals surface area contributed by atoms with Gasteiger partial charge in [-0.2, -0.15) is 0 Å². The van der Waals surface area contributed by atoms with Gasteiger partial charge in [-0.3, -0.25) is 9.69 Å². The van der Waals surface area contributed by atoms with Crippen LogP contribution in [0.3, 0.4) is 0 Å². The molecule has 1 aliphatic heterocycles. The van der Waals surface area contributed by atoms with Gasteiger partial charge in [-0.25, -0.2) is 9.37 Å². The molecule has 1 aromatic carbocycles. The monoisotopic (exact) mass is 414 g/mol. The smallest absolute Gasteiger partial charge is 0.235 e. The lowest BCUT2D eigenvalue weighted by molar-refractivity contribution is -0.143. The van der Waals surface area contributed by atoms with Crippen molar-refractivity contribution in [2.75, 3.05) is 18.1 Å². The number of hydrogen-bond donors (Lipinski definition) is 0. The quantitative estimate of drug-likeness (QED) is 0.694. The lowest BCUT2D eigenvalue weighted by Crippen LogP contribution is -2.55. The summed E-state index contributed by atoms with van der Waals surface area (Å²) in [5.74, 6) is 2.05. The minimum atomic E-state index is -0.315. The summed E-state index contributed by atoms with van der Waals surface area (Å²) in [5, 5.41) is 0.640. The lowest BCUT2D eigenvalue weighted by Gasteiger charge is -2.56. The Morgan fingerprint density at radius 1 is 1.21 bits per heavy atom. The Kier molecular flexibility index (Phi) is 4.24. The number of carbonyl (C=O) groups excluding carboxylic acids is 1. The molecule has 1 atom stereocenters. The molecule has 1 aromatic heterocycles. The van der Waals surface area contributed by atoms with Crippen molar-refractivity contribution >= 4 is 32.6 Å². The first-order valence-corrected chi connectivity index (χ1v) is 11.9. The minimum Gasteiger partial charge on any atom is -0.376 e. The molecule has 1 saturated heterocycles. The van der Waals surface area contributed by atoms with E-state index < -0.39 is 0 Å². The maximum atomic E-state index is 14.3. The molecule has 4 aliphatic carbocycles. The minimum absolute atomic E-state index is 0.0599. The molecule has 29 heavy (non-hydrogen) atoms. The zero-order valence-electron chi connectivity index (χ0n) is 16.6. The Morgan fingerprint density at radius 3 is 2.55 bits per heavy atom. The van der Waals surface area contributed by atoms with Crippen LogP contribution in [0.2, 0.25) is 0 Å². The summed E-state index contributed by atoms with van der Waals surface area (Å²) in [6.07, 6.45) is 9.09. The van der Waals surface area contributed by atoms with E-state index in [2.05, 4.69) is 4.98 Å². The van der Waals surface area contributed by atoms with Crippen LogP contribution < -0.4 is 4.90 Å². The van der Waals surface area contributed by atoms with E-state index in [-0.39, 0.29) is 23.2 Å². The molecular formula is C23H27FN2O2S. The maximum Gasteiger partial charge on any atom is 0.235 e. The fraction of sp³-hybridized carbons (Fsp3) is 0.652. The second-order valence-electron chi connectivity index (χ2n) is 9.83. The van der Waals surface area contributed by atoms with Gasteiger partial charge in [-0.15, -0.1) is 0 Å². The number of thiazole rings is 1. The van der Waals surface area contributed by atoms with Crippen molar-refractivity contribution in [2.24, 2.45) is 23.2 Å². The molecule has 0 spiro atoms. The highest BCUT2D eigenvalue weighted by Gasteiger charge is 2.56. The van der Waals surface area contributed by atoms with Crippen LogP contribution in [-0.2, 0) is 9.53 Å². The van der Waals surface area contributed by atoms with E-state index in [9.17, 15) is 9.18 Å². The number of benzene rings is 1. The third kappa shape index (κ3) is 3.02. The van der Waals surface area contributed by atoms with Crippen LogP contribution in [-0.4, -0.2) is 30.1 Å². The number of hydrogen-bond acceptors (Lipinski definition) is 4. The van der Waals surface area contributed by atoms with Crippen LogP contribution in [0.4, 0.5) is 9.52 Å². The number of fused-ring (bicyclic) bond motifs is 1. The number of anilines is 1. The molecule has 1 unspecified atom stereocenters. The number of rotatable bonds is 4. The van der Waals surface area contributed by atoms with Gasteiger partial charge in [-0.1, -0.05) is 17.4 Å². The molecule has 0 radical (unpaired) electrons. The summed E-state index contributed by atoms with van der Waals surface area (Å²) in [4.78, 5) is 20.6. The Morgan fingerprint density at radius 2 is 1.93 bits per heavy atom. The number of ether oxygens (including phenoxy) is 1. The summed E-state index contributed by atoms with van der Waals surface area (Å²) in [5.41, 5.74) is 0.146. The summed E-state index contributed by atoms with van der Waals surface area (Å²) >= 11 is 1.43. The molecule has 2 heterocycles. The Bertz CT molecular complexity index is 916. The summed E-state index contributed by atoms with van der Waals surface area (Å²) in [6, 6.07) is 5.04. The first kappa shape index (κ1) is 18.3. The van der Waals surface area contributed by atoms with Crippen LogP contribution in [0.25, 0.3) is 10.2 Å². The van der Waals surface area contributed by atoms with E-state index in [1.54, 1.807) is 6.07 Å². The van der Waals surface area contributed by atoms with Crippen LogP contribution in [0.1, 0.15) is 51.4 Å². The van der Waals surface area contributed by atoms with Gasteiger partial charge >= 0.3 is 0 Å². The fourth-order valence-corrected chi connectivity index (χ4v) is 7.91. The fourth-order valence-electron chi connectivity index (χ4n) is 6.92. The molecule has 5 fully saturated rings. The number of halogens is 1. The first-order valence-electron chi connectivity index (χ1n) is 11.1. The Balaban J connectivity index is 1.38.